The molecule has 0 aliphatic heterocycles. The van der Waals surface area contributed by atoms with Crippen molar-refractivity contribution in [2.75, 3.05) is 6.54 Å². The molecule has 0 amide bonds. The van der Waals surface area contributed by atoms with Crippen molar-refractivity contribution < 1.29 is 0 Å². The minimum atomic E-state index is 0.534. The number of benzene rings is 3. The highest BCUT2D eigenvalue weighted by atomic mass is 14.9. The van der Waals surface area contributed by atoms with E-state index in [2.05, 4.69) is 85.0 Å². The molecule has 21 heavy (non-hydrogen) atoms. The molecule has 3 rings (SSSR count). The molecule has 1 N–H and O–H groups in total. The van der Waals surface area contributed by atoms with Gasteiger partial charge in [0.1, 0.15) is 0 Å². The summed E-state index contributed by atoms with van der Waals surface area (Å²) < 4.78 is 0. The molecule has 1 nitrogen and oxygen atoms in total. The quantitative estimate of drug-likeness (QED) is 0.709. The van der Waals surface area contributed by atoms with Crippen LogP contribution >= 0.6 is 0 Å². The molecular weight excluding hydrogens is 254 g/mol. The van der Waals surface area contributed by atoms with Crippen LogP contribution in [0.2, 0.25) is 0 Å². The number of nitrogens with one attached hydrogen (secondary N) is 1. The average molecular weight is 275 g/mol. The number of hydrogen-bond acceptors (Lipinski definition) is 1. The molecule has 106 valence electrons. The van der Waals surface area contributed by atoms with Crippen LogP contribution < -0.4 is 5.32 Å². The monoisotopic (exact) mass is 275 g/mol. The van der Waals surface area contributed by atoms with E-state index in [-0.39, 0.29) is 0 Å². The first-order valence-corrected chi connectivity index (χ1v) is 7.56. The molecule has 0 aliphatic rings. The van der Waals surface area contributed by atoms with Gasteiger partial charge < -0.3 is 5.32 Å². The smallest absolute Gasteiger partial charge is 0.0205 e. The lowest BCUT2D eigenvalue weighted by atomic mass is 10.0. The maximum absolute atomic E-state index is 3.56. The van der Waals surface area contributed by atoms with Gasteiger partial charge in [-0.15, -0.1) is 0 Å². The summed E-state index contributed by atoms with van der Waals surface area (Å²) in [5, 5.41) is 6.18. The zero-order chi connectivity index (χ0) is 14.5. The van der Waals surface area contributed by atoms with Gasteiger partial charge in [-0.25, -0.2) is 0 Å². The summed E-state index contributed by atoms with van der Waals surface area (Å²) in [4.78, 5) is 0. The molecule has 0 bridgehead atoms. The van der Waals surface area contributed by atoms with E-state index in [1.54, 1.807) is 0 Å². The summed E-state index contributed by atoms with van der Waals surface area (Å²) in [5.41, 5.74) is 2.73. The molecular formula is C20H21N. The molecule has 0 fully saturated rings. The minimum absolute atomic E-state index is 0.534. The fourth-order valence-corrected chi connectivity index (χ4v) is 2.68. The highest BCUT2D eigenvalue weighted by Crippen LogP contribution is 2.16. The van der Waals surface area contributed by atoms with Crippen LogP contribution in [0.25, 0.3) is 10.8 Å². The lowest BCUT2D eigenvalue weighted by Gasteiger charge is -2.13. The fourth-order valence-electron chi connectivity index (χ4n) is 2.68. The Hall–Kier alpha value is -2.12. The molecule has 1 heteroatoms. The van der Waals surface area contributed by atoms with E-state index in [4.69, 9.17) is 0 Å². The van der Waals surface area contributed by atoms with Gasteiger partial charge >= 0.3 is 0 Å². The molecule has 0 spiro atoms. The first kappa shape index (κ1) is 13.8. The van der Waals surface area contributed by atoms with Crippen molar-refractivity contribution in [1.82, 2.24) is 5.32 Å². The van der Waals surface area contributed by atoms with Crippen LogP contribution in [0.4, 0.5) is 0 Å². The molecule has 0 heterocycles. The first-order valence-electron chi connectivity index (χ1n) is 7.56. The van der Waals surface area contributed by atoms with Gasteiger partial charge in [0.05, 0.1) is 0 Å². The van der Waals surface area contributed by atoms with Gasteiger partial charge in [0.2, 0.25) is 0 Å². The minimum Gasteiger partial charge on any atom is -0.312 e. The topological polar surface area (TPSA) is 12.0 Å². The number of rotatable bonds is 5. The maximum atomic E-state index is 3.56. The summed E-state index contributed by atoms with van der Waals surface area (Å²) in [6, 6.07) is 25.9. The second-order valence-electron chi connectivity index (χ2n) is 5.62. The second kappa shape index (κ2) is 6.55. The zero-order valence-electron chi connectivity index (χ0n) is 12.4. The van der Waals surface area contributed by atoms with E-state index >= 15 is 0 Å². The second-order valence-corrected chi connectivity index (χ2v) is 5.62. The number of fused-ring (bicyclic) bond motifs is 1. The largest absolute Gasteiger partial charge is 0.312 e. The van der Waals surface area contributed by atoms with Gasteiger partial charge in [-0.05, 0) is 33.9 Å². The standard InChI is InChI=1S/C20H21N/c1-16(18-7-3-2-4-8-18)14-21-15-17-11-12-19-9-5-6-10-20(19)13-17/h2-13,16,21H,14-15H2,1H3. The Morgan fingerprint density at radius 2 is 1.52 bits per heavy atom. The molecule has 0 radical (unpaired) electrons. The predicted molar refractivity (Wildman–Crippen MR) is 90.5 cm³/mol. The summed E-state index contributed by atoms with van der Waals surface area (Å²) in [7, 11) is 0. The summed E-state index contributed by atoms with van der Waals surface area (Å²) in [5.74, 6) is 0.534. The number of hydrogen-bond donors (Lipinski definition) is 1. The Bertz CT molecular complexity index is 703. The van der Waals surface area contributed by atoms with Gasteiger partial charge in [-0.2, -0.15) is 0 Å². The Balaban J connectivity index is 1.59. The van der Waals surface area contributed by atoms with E-state index < -0.39 is 0 Å². The first-order chi connectivity index (χ1) is 10.3. The Morgan fingerprint density at radius 1 is 0.810 bits per heavy atom. The van der Waals surface area contributed by atoms with Crippen molar-refractivity contribution in [1.29, 1.82) is 0 Å². The van der Waals surface area contributed by atoms with Crippen LogP contribution in [-0.2, 0) is 6.54 Å². The molecule has 3 aromatic carbocycles. The van der Waals surface area contributed by atoms with Crippen LogP contribution in [-0.4, -0.2) is 6.54 Å². The van der Waals surface area contributed by atoms with Crippen LogP contribution in [0.1, 0.15) is 24.0 Å². The van der Waals surface area contributed by atoms with Gasteiger partial charge in [0, 0.05) is 13.1 Å². The molecule has 1 atom stereocenters. The van der Waals surface area contributed by atoms with Crippen LogP contribution in [0.15, 0.2) is 72.8 Å². The zero-order valence-corrected chi connectivity index (χ0v) is 12.4. The fraction of sp³-hybridized carbons (Fsp3) is 0.200. The lowest BCUT2D eigenvalue weighted by Crippen LogP contribution is -2.19. The highest BCUT2D eigenvalue weighted by molar-refractivity contribution is 5.82. The van der Waals surface area contributed by atoms with Gasteiger partial charge in [-0.1, -0.05) is 73.7 Å². The van der Waals surface area contributed by atoms with Crippen LogP contribution in [0, 0.1) is 0 Å². The van der Waals surface area contributed by atoms with Crippen molar-refractivity contribution in [3.63, 3.8) is 0 Å². The van der Waals surface area contributed by atoms with Crippen molar-refractivity contribution >= 4 is 10.8 Å². The van der Waals surface area contributed by atoms with Crippen molar-refractivity contribution in [2.24, 2.45) is 0 Å². The van der Waals surface area contributed by atoms with E-state index in [9.17, 15) is 0 Å². The average Bonchev–Trinajstić information content (AvgIpc) is 2.55. The third-order valence-corrected chi connectivity index (χ3v) is 3.96. The highest BCUT2D eigenvalue weighted by Gasteiger charge is 2.04. The van der Waals surface area contributed by atoms with Crippen LogP contribution in [0.3, 0.4) is 0 Å². The van der Waals surface area contributed by atoms with Gasteiger partial charge in [0.25, 0.3) is 0 Å². The maximum Gasteiger partial charge on any atom is 0.0205 e. The van der Waals surface area contributed by atoms with Gasteiger partial charge in [-0.3, -0.25) is 0 Å². The third-order valence-electron chi connectivity index (χ3n) is 3.96. The van der Waals surface area contributed by atoms with Crippen molar-refractivity contribution in [3.8, 4) is 0 Å². The predicted octanol–water partition coefficient (Wildman–Crippen LogP) is 4.73. The lowest BCUT2D eigenvalue weighted by molar-refractivity contribution is 0.615. The molecule has 0 aliphatic carbocycles. The Morgan fingerprint density at radius 3 is 2.33 bits per heavy atom. The SMILES string of the molecule is CC(CNCc1ccc2ccccc2c1)c1ccccc1. The van der Waals surface area contributed by atoms with Crippen LogP contribution in [0.5, 0.6) is 0 Å². The summed E-state index contributed by atoms with van der Waals surface area (Å²) in [6.45, 7) is 4.18. The molecule has 0 aromatic heterocycles. The summed E-state index contributed by atoms with van der Waals surface area (Å²) in [6.07, 6.45) is 0. The Kier molecular flexibility index (Phi) is 4.32. The van der Waals surface area contributed by atoms with E-state index in [0.717, 1.165) is 13.1 Å². The normalized spacial score (nSPS) is 12.4. The molecule has 0 saturated carbocycles. The third kappa shape index (κ3) is 3.50. The van der Waals surface area contributed by atoms with Crippen molar-refractivity contribution in [3.05, 3.63) is 83.9 Å². The molecule has 1 unspecified atom stereocenters. The molecule has 0 saturated heterocycles. The van der Waals surface area contributed by atoms with E-state index in [1.807, 2.05) is 0 Å². The van der Waals surface area contributed by atoms with Crippen molar-refractivity contribution in [2.45, 2.75) is 19.4 Å². The van der Waals surface area contributed by atoms with Gasteiger partial charge in [0.15, 0.2) is 0 Å². The van der Waals surface area contributed by atoms with E-state index in [0.29, 0.717) is 5.92 Å². The molecule has 3 aromatic rings. The summed E-state index contributed by atoms with van der Waals surface area (Å²) >= 11 is 0. The van der Waals surface area contributed by atoms with E-state index in [1.165, 1.54) is 21.9 Å². The Labute approximate surface area is 126 Å².